The third kappa shape index (κ3) is 11.1. The highest BCUT2D eigenvalue weighted by Crippen LogP contribution is 2.09. The Hall–Kier alpha value is -1.36. The summed E-state index contributed by atoms with van der Waals surface area (Å²) < 4.78 is 0. The predicted octanol–water partition coefficient (Wildman–Crippen LogP) is 2.23. The molecule has 0 fully saturated rings. The maximum absolute atomic E-state index is 9.55. The molecule has 0 saturated heterocycles. The van der Waals surface area contributed by atoms with Gasteiger partial charge in [0.15, 0.2) is 0 Å². The molecule has 0 rings (SSSR count). The van der Waals surface area contributed by atoms with E-state index in [4.69, 9.17) is 10.2 Å². The van der Waals surface area contributed by atoms with E-state index in [-0.39, 0.29) is 0 Å². The molecule has 0 aliphatic rings. The lowest BCUT2D eigenvalue weighted by Gasteiger charge is -2.34. The lowest BCUT2D eigenvalue weighted by atomic mass is 10.2. The number of hydrogen-bond donors (Lipinski definition) is 2. The minimum absolute atomic E-state index is 0.558. The average Bonchev–Trinajstić information content (AvgIpc) is 2.13. The van der Waals surface area contributed by atoms with Crippen LogP contribution in [0.4, 0.5) is 0 Å². The maximum Gasteiger partial charge on any atom is 0.328 e. The Bertz CT molecular complexity index is 248. The van der Waals surface area contributed by atoms with E-state index in [1.165, 1.54) is 0 Å². The SMILES string of the molecule is CC(C)N(C(C)C)C(C)C.O=C(O)/C=C/C(=O)O. The van der Waals surface area contributed by atoms with E-state index in [0.717, 1.165) is 0 Å². The van der Waals surface area contributed by atoms with Crippen LogP contribution < -0.4 is 0 Å². The van der Waals surface area contributed by atoms with Gasteiger partial charge in [0.25, 0.3) is 0 Å². The van der Waals surface area contributed by atoms with Gasteiger partial charge in [0.05, 0.1) is 0 Å². The van der Waals surface area contributed by atoms with Crippen LogP contribution >= 0.6 is 0 Å². The van der Waals surface area contributed by atoms with Crippen molar-refractivity contribution in [3.8, 4) is 0 Å². The molecule has 0 amide bonds. The van der Waals surface area contributed by atoms with Gasteiger partial charge in [0.2, 0.25) is 0 Å². The van der Waals surface area contributed by atoms with Crippen LogP contribution in [0.15, 0.2) is 12.2 Å². The van der Waals surface area contributed by atoms with E-state index in [1.54, 1.807) is 0 Å². The fourth-order valence-corrected chi connectivity index (χ4v) is 1.93. The van der Waals surface area contributed by atoms with Crippen LogP contribution in [0.25, 0.3) is 0 Å². The van der Waals surface area contributed by atoms with Crippen molar-refractivity contribution < 1.29 is 19.8 Å². The number of carboxylic acid groups (broad SMARTS) is 2. The van der Waals surface area contributed by atoms with Crippen molar-refractivity contribution >= 4 is 11.9 Å². The molecular formula is C13H25NO4. The first-order chi connectivity index (χ1) is 8.09. The fourth-order valence-electron chi connectivity index (χ4n) is 1.93. The number of hydrogen-bond acceptors (Lipinski definition) is 3. The smallest absolute Gasteiger partial charge is 0.328 e. The zero-order chi connectivity index (χ0) is 14.9. The van der Waals surface area contributed by atoms with Crippen molar-refractivity contribution in [2.24, 2.45) is 0 Å². The highest BCUT2D eigenvalue weighted by molar-refractivity contribution is 5.89. The average molecular weight is 259 g/mol. The van der Waals surface area contributed by atoms with Crippen molar-refractivity contribution in [2.45, 2.75) is 59.7 Å². The summed E-state index contributed by atoms with van der Waals surface area (Å²) in [6.45, 7) is 13.5. The Morgan fingerprint density at radius 1 is 0.778 bits per heavy atom. The predicted molar refractivity (Wildman–Crippen MR) is 71.7 cm³/mol. The van der Waals surface area contributed by atoms with Gasteiger partial charge in [-0.25, -0.2) is 9.59 Å². The molecule has 0 saturated carbocycles. The Labute approximate surface area is 109 Å². The molecule has 0 aromatic rings. The molecule has 0 bridgehead atoms. The molecule has 0 aliphatic carbocycles. The Morgan fingerprint density at radius 2 is 1.00 bits per heavy atom. The summed E-state index contributed by atoms with van der Waals surface area (Å²) in [6.07, 6.45) is 1.12. The molecule has 5 nitrogen and oxygen atoms in total. The van der Waals surface area contributed by atoms with Crippen LogP contribution in [0, 0.1) is 0 Å². The van der Waals surface area contributed by atoms with Gasteiger partial charge in [-0.05, 0) is 41.5 Å². The van der Waals surface area contributed by atoms with Crippen molar-refractivity contribution in [3.63, 3.8) is 0 Å². The Balaban J connectivity index is 0. The fraction of sp³-hybridized carbons (Fsp3) is 0.692. The number of nitrogens with zero attached hydrogens (tertiary/aromatic N) is 1. The minimum atomic E-state index is -1.26. The summed E-state index contributed by atoms with van der Waals surface area (Å²) >= 11 is 0. The second-order valence-electron chi connectivity index (χ2n) is 4.74. The summed E-state index contributed by atoms with van der Waals surface area (Å²) in [7, 11) is 0. The number of carboxylic acids is 2. The summed E-state index contributed by atoms with van der Waals surface area (Å²) in [6, 6.07) is 2.00. The van der Waals surface area contributed by atoms with Gasteiger partial charge in [0, 0.05) is 30.3 Å². The van der Waals surface area contributed by atoms with E-state index in [2.05, 4.69) is 46.4 Å². The molecular weight excluding hydrogens is 234 g/mol. The van der Waals surface area contributed by atoms with Crippen LogP contribution in [-0.4, -0.2) is 45.2 Å². The standard InChI is InChI=1S/C9H21N.C4H4O4/c1-7(2)10(8(3)4)9(5)6;5-3(6)1-2-4(7)8/h7-9H,1-6H3;1-2H,(H,5,6)(H,7,8)/b;2-1+. The van der Waals surface area contributed by atoms with E-state index in [1.807, 2.05) is 0 Å². The quantitative estimate of drug-likeness (QED) is 0.740. The van der Waals surface area contributed by atoms with E-state index >= 15 is 0 Å². The molecule has 18 heavy (non-hydrogen) atoms. The molecule has 106 valence electrons. The number of carbonyl (C=O) groups is 2. The van der Waals surface area contributed by atoms with Crippen molar-refractivity contribution in [1.29, 1.82) is 0 Å². The first-order valence-corrected chi connectivity index (χ1v) is 6.00. The summed E-state index contributed by atoms with van der Waals surface area (Å²) in [5.74, 6) is -2.51. The lowest BCUT2D eigenvalue weighted by Crippen LogP contribution is -2.42. The maximum atomic E-state index is 9.55. The van der Waals surface area contributed by atoms with Crippen LogP contribution in [0.2, 0.25) is 0 Å². The topological polar surface area (TPSA) is 77.8 Å². The Morgan fingerprint density at radius 3 is 1.06 bits per heavy atom. The highest BCUT2D eigenvalue weighted by atomic mass is 16.4. The first kappa shape index (κ1) is 19.0. The lowest BCUT2D eigenvalue weighted by molar-refractivity contribution is -0.134. The van der Waals surface area contributed by atoms with Crippen LogP contribution in [0.5, 0.6) is 0 Å². The van der Waals surface area contributed by atoms with Gasteiger partial charge in [-0.1, -0.05) is 0 Å². The van der Waals surface area contributed by atoms with Gasteiger partial charge in [-0.2, -0.15) is 0 Å². The van der Waals surface area contributed by atoms with E-state index < -0.39 is 11.9 Å². The molecule has 0 radical (unpaired) electrons. The van der Waals surface area contributed by atoms with E-state index in [9.17, 15) is 9.59 Å². The van der Waals surface area contributed by atoms with Crippen LogP contribution in [0.3, 0.4) is 0 Å². The van der Waals surface area contributed by atoms with Gasteiger partial charge in [-0.15, -0.1) is 0 Å². The third-order valence-electron chi connectivity index (χ3n) is 2.16. The molecule has 5 heteroatoms. The second-order valence-corrected chi connectivity index (χ2v) is 4.74. The number of aliphatic carboxylic acids is 2. The molecule has 0 aliphatic heterocycles. The second kappa shape index (κ2) is 9.65. The third-order valence-corrected chi connectivity index (χ3v) is 2.16. The first-order valence-electron chi connectivity index (χ1n) is 6.00. The molecule has 0 aromatic heterocycles. The highest BCUT2D eigenvalue weighted by Gasteiger charge is 2.15. The molecule has 0 unspecified atom stereocenters. The summed E-state index contributed by atoms with van der Waals surface area (Å²) in [5, 5.41) is 15.6. The van der Waals surface area contributed by atoms with Gasteiger partial charge in [0.1, 0.15) is 0 Å². The van der Waals surface area contributed by atoms with E-state index in [0.29, 0.717) is 30.3 Å². The summed E-state index contributed by atoms with van der Waals surface area (Å²) in [4.78, 5) is 21.6. The molecule has 0 spiro atoms. The zero-order valence-corrected chi connectivity index (χ0v) is 12.0. The van der Waals surface area contributed by atoms with Crippen molar-refractivity contribution in [3.05, 3.63) is 12.2 Å². The molecule has 0 heterocycles. The minimum Gasteiger partial charge on any atom is -0.478 e. The van der Waals surface area contributed by atoms with Gasteiger partial charge in [-0.3, -0.25) is 4.90 Å². The summed E-state index contributed by atoms with van der Waals surface area (Å²) in [5.41, 5.74) is 0. The Kier molecular flexibility index (Phi) is 10.2. The molecule has 2 N–H and O–H groups in total. The normalized spacial score (nSPS) is 11.2. The van der Waals surface area contributed by atoms with Gasteiger partial charge >= 0.3 is 11.9 Å². The van der Waals surface area contributed by atoms with Crippen molar-refractivity contribution in [1.82, 2.24) is 4.90 Å². The monoisotopic (exact) mass is 259 g/mol. The van der Waals surface area contributed by atoms with Crippen molar-refractivity contribution in [2.75, 3.05) is 0 Å². The van der Waals surface area contributed by atoms with Crippen LogP contribution in [-0.2, 0) is 9.59 Å². The largest absolute Gasteiger partial charge is 0.478 e. The zero-order valence-electron chi connectivity index (χ0n) is 12.0. The van der Waals surface area contributed by atoms with Gasteiger partial charge < -0.3 is 10.2 Å². The molecule has 0 aromatic carbocycles. The van der Waals surface area contributed by atoms with Crippen LogP contribution in [0.1, 0.15) is 41.5 Å². The molecule has 0 atom stereocenters. The number of rotatable bonds is 5.